The van der Waals surface area contributed by atoms with Crippen LogP contribution in [0.2, 0.25) is 0 Å². The lowest BCUT2D eigenvalue weighted by molar-refractivity contribution is 0.937. The van der Waals surface area contributed by atoms with Crippen molar-refractivity contribution in [3.63, 3.8) is 0 Å². The van der Waals surface area contributed by atoms with Crippen LogP contribution in [0.4, 0.5) is 0 Å². The zero-order valence-electron chi connectivity index (χ0n) is 9.96. The van der Waals surface area contributed by atoms with Gasteiger partial charge in [-0.05, 0) is 84.6 Å². The molecule has 1 aliphatic rings. The highest BCUT2D eigenvalue weighted by Gasteiger charge is 2.19. The zero-order valence-corrected chi connectivity index (χ0v) is 15.3. The van der Waals surface area contributed by atoms with Crippen molar-refractivity contribution in [2.45, 2.75) is 6.42 Å². The summed E-state index contributed by atoms with van der Waals surface area (Å²) in [5.74, 6) is 0. The van der Waals surface area contributed by atoms with Crippen LogP contribution < -0.4 is 0 Å². The van der Waals surface area contributed by atoms with Crippen molar-refractivity contribution in [3.05, 3.63) is 65.6 Å². The van der Waals surface area contributed by atoms with Crippen LogP contribution in [-0.2, 0) is 6.42 Å². The molecule has 0 amide bonds. The normalized spacial score (nSPS) is 13.9. The highest BCUT2D eigenvalue weighted by molar-refractivity contribution is 14.1. The number of aliphatic imine (C=N–C) groups is 1. The molecule has 0 aromatic heterocycles. The molecule has 0 fully saturated rings. The van der Waals surface area contributed by atoms with E-state index in [4.69, 9.17) is 4.99 Å². The third-order valence-electron chi connectivity index (χ3n) is 3.18. The predicted molar refractivity (Wildman–Crippen MR) is 95.2 cm³/mol. The summed E-state index contributed by atoms with van der Waals surface area (Å²) in [6.07, 6.45) is 0.989. The number of fused-ring (bicyclic) bond motifs is 1. The van der Waals surface area contributed by atoms with Crippen LogP contribution in [0.3, 0.4) is 0 Å². The van der Waals surface area contributed by atoms with Crippen LogP contribution in [0.25, 0.3) is 0 Å². The third kappa shape index (κ3) is 2.67. The number of hydrogen-bond donors (Lipinski definition) is 0. The Bertz CT molecular complexity index is 680. The molecular formula is C15H10Br2IN. The molecule has 0 saturated carbocycles. The summed E-state index contributed by atoms with van der Waals surface area (Å²) in [5.41, 5.74) is 4.89. The van der Waals surface area contributed by atoms with Gasteiger partial charge in [0.15, 0.2) is 0 Å². The summed E-state index contributed by atoms with van der Waals surface area (Å²) < 4.78 is 3.50. The number of benzene rings is 2. The van der Waals surface area contributed by atoms with Gasteiger partial charge in [-0.2, -0.15) is 0 Å². The lowest BCUT2D eigenvalue weighted by atomic mass is 9.93. The van der Waals surface area contributed by atoms with Crippen molar-refractivity contribution < 1.29 is 0 Å². The van der Waals surface area contributed by atoms with E-state index in [1.165, 1.54) is 20.3 Å². The van der Waals surface area contributed by atoms with Gasteiger partial charge in [0.05, 0.1) is 5.71 Å². The number of halogens is 3. The molecule has 4 heteroatoms. The second kappa shape index (κ2) is 5.66. The molecule has 2 aromatic rings. The number of hydrogen-bond acceptors (Lipinski definition) is 1. The Morgan fingerprint density at radius 3 is 2.74 bits per heavy atom. The van der Waals surface area contributed by atoms with Gasteiger partial charge in [-0.1, -0.05) is 18.2 Å². The van der Waals surface area contributed by atoms with E-state index < -0.39 is 0 Å². The molecule has 0 bridgehead atoms. The molecule has 96 valence electrons. The molecule has 0 unspecified atom stereocenters. The van der Waals surface area contributed by atoms with Gasteiger partial charge in [-0.3, -0.25) is 4.99 Å². The van der Waals surface area contributed by atoms with E-state index in [-0.39, 0.29) is 0 Å². The highest BCUT2D eigenvalue weighted by atomic mass is 127. The Morgan fingerprint density at radius 1 is 1.11 bits per heavy atom. The van der Waals surface area contributed by atoms with Crippen LogP contribution in [-0.4, -0.2) is 12.3 Å². The molecule has 0 atom stereocenters. The molecule has 0 spiro atoms. The largest absolute Gasteiger partial charge is 0.284 e. The quantitative estimate of drug-likeness (QED) is 0.487. The second-order valence-electron chi connectivity index (χ2n) is 4.38. The molecule has 3 rings (SSSR count). The van der Waals surface area contributed by atoms with E-state index in [0.29, 0.717) is 0 Å². The van der Waals surface area contributed by atoms with Gasteiger partial charge in [0.25, 0.3) is 0 Å². The molecule has 0 aliphatic carbocycles. The Morgan fingerprint density at radius 2 is 1.95 bits per heavy atom. The minimum atomic E-state index is 0.850. The van der Waals surface area contributed by atoms with Gasteiger partial charge >= 0.3 is 0 Å². The van der Waals surface area contributed by atoms with Crippen molar-refractivity contribution >= 4 is 60.2 Å². The van der Waals surface area contributed by atoms with E-state index in [1.807, 2.05) is 0 Å². The summed E-state index contributed by atoms with van der Waals surface area (Å²) in [5, 5.41) is 0. The Hall–Kier alpha value is -0.200. The van der Waals surface area contributed by atoms with Crippen molar-refractivity contribution in [1.29, 1.82) is 0 Å². The molecule has 1 aliphatic heterocycles. The second-order valence-corrected chi connectivity index (χ2v) is 7.27. The average molecular weight is 491 g/mol. The van der Waals surface area contributed by atoms with Crippen molar-refractivity contribution in [3.8, 4) is 0 Å². The molecule has 2 aromatic carbocycles. The van der Waals surface area contributed by atoms with E-state index in [1.54, 1.807) is 0 Å². The maximum Gasteiger partial charge on any atom is 0.0722 e. The van der Waals surface area contributed by atoms with Gasteiger partial charge in [0, 0.05) is 30.2 Å². The number of rotatable bonds is 1. The lowest BCUT2D eigenvalue weighted by Gasteiger charge is -2.19. The van der Waals surface area contributed by atoms with Crippen LogP contribution in [0.1, 0.15) is 16.7 Å². The minimum absolute atomic E-state index is 0.850. The molecule has 19 heavy (non-hydrogen) atoms. The summed E-state index contributed by atoms with van der Waals surface area (Å²) >= 11 is 9.59. The van der Waals surface area contributed by atoms with Gasteiger partial charge in [-0.15, -0.1) is 0 Å². The first-order valence-corrected chi connectivity index (χ1v) is 8.61. The Balaban J connectivity index is 2.16. The first-order valence-electron chi connectivity index (χ1n) is 5.94. The van der Waals surface area contributed by atoms with Crippen LogP contribution >= 0.6 is 54.5 Å². The van der Waals surface area contributed by atoms with Crippen molar-refractivity contribution in [2.24, 2.45) is 4.99 Å². The summed E-state index contributed by atoms with van der Waals surface area (Å²) in [4.78, 5) is 4.73. The summed E-state index contributed by atoms with van der Waals surface area (Å²) in [6.45, 7) is 0.850. The first kappa shape index (κ1) is 13.8. The first-order chi connectivity index (χ1) is 9.16. The maximum absolute atomic E-state index is 4.73. The fraction of sp³-hybridized carbons (Fsp3) is 0.133. The standard InChI is InChI=1S/C15H10Br2IN/c16-13-5-4-12-11(14(13)17)6-7-19-15(12)9-2-1-3-10(18)8-9/h1-5,8H,6-7H2. The molecule has 0 N–H and O–H groups in total. The van der Waals surface area contributed by atoms with Crippen molar-refractivity contribution in [2.75, 3.05) is 6.54 Å². The van der Waals surface area contributed by atoms with E-state index in [9.17, 15) is 0 Å². The van der Waals surface area contributed by atoms with Gasteiger partial charge in [0.1, 0.15) is 0 Å². The Labute approximate surface area is 142 Å². The van der Waals surface area contributed by atoms with Gasteiger partial charge in [-0.25, -0.2) is 0 Å². The molecule has 0 saturated heterocycles. The summed E-state index contributed by atoms with van der Waals surface area (Å²) in [7, 11) is 0. The van der Waals surface area contributed by atoms with E-state index >= 15 is 0 Å². The van der Waals surface area contributed by atoms with Crippen LogP contribution in [0.5, 0.6) is 0 Å². The fourth-order valence-corrected chi connectivity index (χ4v) is 3.76. The fourth-order valence-electron chi connectivity index (χ4n) is 2.31. The number of nitrogens with zero attached hydrogens (tertiary/aromatic N) is 1. The molecular weight excluding hydrogens is 481 g/mol. The molecule has 1 heterocycles. The van der Waals surface area contributed by atoms with Crippen LogP contribution in [0.15, 0.2) is 50.3 Å². The smallest absolute Gasteiger partial charge is 0.0722 e. The topological polar surface area (TPSA) is 12.4 Å². The van der Waals surface area contributed by atoms with Gasteiger partial charge in [0.2, 0.25) is 0 Å². The predicted octanol–water partition coefficient (Wildman–Crippen LogP) is 5.21. The summed E-state index contributed by atoms with van der Waals surface area (Å²) in [6, 6.07) is 12.7. The maximum atomic E-state index is 4.73. The van der Waals surface area contributed by atoms with E-state index in [2.05, 4.69) is 90.8 Å². The zero-order chi connectivity index (χ0) is 13.4. The third-order valence-corrected chi connectivity index (χ3v) is 5.95. The highest BCUT2D eigenvalue weighted by Crippen LogP contribution is 2.33. The minimum Gasteiger partial charge on any atom is -0.284 e. The molecule has 1 nitrogen and oxygen atoms in total. The SMILES string of the molecule is Brc1ccc2c(c1Br)CCN=C2c1cccc(I)c1. The monoisotopic (exact) mass is 489 g/mol. The average Bonchev–Trinajstić information content (AvgIpc) is 2.42. The Kier molecular flexibility index (Phi) is 4.10. The van der Waals surface area contributed by atoms with Crippen molar-refractivity contribution in [1.82, 2.24) is 0 Å². The van der Waals surface area contributed by atoms with Gasteiger partial charge < -0.3 is 0 Å². The van der Waals surface area contributed by atoms with Crippen LogP contribution in [0, 0.1) is 3.57 Å². The lowest BCUT2D eigenvalue weighted by Crippen LogP contribution is -2.15. The van der Waals surface area contributed by atoms with E-state index in [0.717, 1.165) is 27.6 Å². The molecule has 0 radical (unpaired) electrons.